The molecule has 0 radical (unpaired) electrons. The topological polar surface area (TPSA) is 38.7 Å². The molecule has 0 saturated heterocycles. The zero-order valence-corrected chi connectivity index (χ0v) is 11.8. The van der Waals surface area contributed by atoms with Gasteiger partial charge in [0.25, 0.3) is 0 Å². The lowest BCUT2D eigenvalue weighted by atomic mass is 10.1. The number of rotatable bonds is 3. The maximum atomic E-state index is 13.7. The van der Waals surface area contributed by atoms with Gasteiger partial charge in [0.05, 0.1) is 11.8 Å². The zero-order chi connectivity index (χ0) is 13.9. The summed E-state index contributed by atoms with van der Waals surface area (Å²) in [5, 5.41) is 8.83. The first-order chi connectivity index (χ1) is 9.75. The smallest absolute Gasteiger partial charge is 0.151 e. The van der Waals surface area contributed by atoms with E-state index in [9.17, 15) is 4.39 Å². The quantitative estimate of drug-likeness (QED) is 0.685. The minimum absolute atomic E-state index is 0.382. The Bertz CT molecular complexity index is 717. The first kappa shape index (κ1) is 13.1. The lowest BCUT2D eigenvalue weighted by Crippen LogP contribution is -1.91. The van der Waals surface area contributed by atoms with Crippen LogP contribution < -0.4 is 0 Å². The van der Waals surface area contributed by atoms with Crippen molar-refractivity contribution in [3.05, 3.63) is 65.2 Å². The molecule has 0 aliphatic heterocycles. The van der Waals surface area contributed by atoms with Crippen LogP contribution in [-0.2, 0) is 0 Å². The number of aromatic nitrogens is 3. The molecule has 20 heavy (non-hydrogen) atoms. The van der Waals surface area contributed by atoms with Gasteiger partial charge in [-0.05, 0) is 11.6 Å². The zero-order valence-electron chi connectivity index (χ0n) is 10.2. The molecule has 0 saturated carbocycles. The van der Waals surface area contributed by atoms with Gasteiger partial charge in [-0.1, -0.05) is 41.7 Å². The first-order valence-electron chi connectivity index (χ1n) is 5.88. The highest BCUT2D eigenvalue weighted by Crippen LogP contribution is 2.34. The third-order valence-electron chi connectivity index (χ3n) is 2.75. The maximum absolute atomic E-state index is 13.7. The highest BCUT2D eigenvalue weighted by atomic mass is 35.5. The molecule has 3 nitrogen and oxygen atoms in total. The summed E-state index contributed by atoms with van der Waals surface area (Å²) in [5.74, 6) is -0.416. The number of hydrogen-bond acceptors (Lipinski definition) is 4. The average Bonchev–Trinajstić information content (AvgIpc) is 2.97. The summed E-state index contributed by atoms with van der Waals surface area (Å²) in [5.41, 5.74) is 1.33. The second kappa shape index (κ2) is 5.64. The van der Waals surface area contributed by atoms with E-state index in [2.05, 4.69) is 15.2 Å². The molecule has 0 aliphatic rings. The van der Waals surface area contributed by atoms with E-state index in [-0.39, 0.29) is 5.38 Å². The summed E-state index contributed by atoms with van der Waals surface area (Å²) in [4.78, 5) is 3.72. The van der Waals surface area contributed by atoms with Gasteiger partial charge in [0.1, 0.15) is 10.4 Å². The molecule has 0 fully saturated rings. The number of pyridine rings is 1. The highest BCUT2D eigenvalue weighted by molar-refractivity contribution is 7.15. The Morgan fingerprint density at radius 2 is 1.90 bits per heavy atom. The summed E-state index contributed by atoms with van der Waals surface area (Å²) < 4.78 is 13.7. The third-order valence-corrected chi connectivity index (χ3v) is 4.36. The van der Waals surface area contributed by atoms with Crippen LogP contribution in [0, 0.1) is 5.82 Å². The Hall–Kier alpha value is -1.85. The largest absolute Gasteiger partial charge is 0.262 e. The molecule has 0 amide bonds. The van der Waals surface area contributed by atoms with Gasteiger partial charge in [-0.2, -0.15) is 0 Å². The Labute approximate surface area is 124 Å². The molecule has 3 aromatic rings. The molecule has 3 rings (SSSR count). The van der Waals surface area contributed by atoms with Crippen molar-refractivity contribution in [2.24, 2.45) is 0 Å². The van der Waals surface area contributed by atoms with Crippen molar-refractivity contribution in [2.45, 2.75) is 5.38 Å². The van der Waals surface area contributed by atoms with Gasteiger partial charge >= 0.3 is 0 Å². The van der Waals surface area contributed by atoms with Crippen LogP contribution in [0.25, 0.3) is 10.6 Å². The van der Waals surface area contributed by atoms with Gasteiger partial charge in [-0.25, -0.2) is 4.39 Å². The van der Waals surface area contributed by atoms with E-state index in [1.807, 2.05) is 30.3 Å². The first-order valence-corrected chi connectivity index (χ1v) is 7.13. The Morgan fingerprint density at radius 3 is 2.65 bits per heavy atom. The van der Waals surface area contributed by atoms with Crippen LogP contribution in [0.4, 0.5) is 4.39 Å². The molecule has 1 unspecified atom stereocenters. The van der Waals surface area contributed by atoms with Gasteiger partial charge < -0.3 is 0 Å². The van der Waals surface area contributed by atoms with Gasteiger partial charge in [0, 0.05) is 6.20 Å². The summed E-state index contributed by atoms with van der Waals surface area (Å²) in [7, 11) is 0. The van der Waals surface area contributed by atoms with Gasteiger partial charge in [-0.3, -0.25) is 4.98 Å². The molecule has 1 aromatic carbocycles. The molecular formula is C14H9ClFN3S. The normalized spacial score (nSPS) is 12.3. The summed E-state index contributed by atoms with van der Waals surface area (Å²) in [6.07, 6.45) is 2.68. The van der Waals surface area contributed by atoms with E-state index in [1.54, 1.807) is 6.07 Å². The molecule has 1 atom stereocenters. The number of hydrogen-bond donors (Lipinski definition) is 0. The van der Waals surface area contributed by atoms with Crippen molar-refractivity contribution < 1.29 is 4.39 Å². The second-order valence-corrected chi connectivity index (χ2v) is 5.52. The van der Waals surface area contributed by atoms with Gasteiger partial charge in [0.15, 0.2) is 10.8 Å². The molecule has 2 heterocycles. The van der Waals surface area contributed by atoms with Crippen molar-refractivity contribution in [1.29, 1.82) is 0 Å². The fourth-order valence-electron chi connectivity index (χ4n) is 1.76. The number of halogens is 2. The van der Waals surface area contributed by atoms with Crippen molar-refractivity contribution in [1.82, 2.24) is 15.2 Å². The summed E-state index contributed by atoms with van der Waals surface area (Å²) in [6, 6.07) is 11.2. The molecule has 100 valence electrons. The van der Waals surface area contributed by atoms with Crippen molar-refractivity contribution in [2.75, 3.05) is 0 Å². The van der Waals surface area contributed by atoms with Crippen LogP contribution in [-0.4, -0.2) is 15.2 Å². The van der Waals surface area contributed by atoms with Gasteiger partial charge in [-0.15, -0.1) is 21.8 Å². The van der Waals surface area contributed by atoms with E-state index in [0.29, 0.717) is 15.6 Å². The number of alkyl halides is 1. The van der Waals surface area contributed by atoms with Crippen molar-refractivity contribution in [3.63, 3.8) is 0 Å². The molecule has 0 spiro atoms. The highest BCUT2D eigenvalue weighted by Gasteiger charge is 2.18. The Morgan fingerprint density at radius 1 is 1.10 bits per heavy atom. The van der Waals surface area contributed by atoms with Crippen LogP contribution in [0.2, 0.25) is 0 Å². The van der Waals surface area contributed by atoms with E-state index in [4.69, 9.17) is 11.6 Å². The molecule has 0 aliphatic carbocycles. The average molecular weight is 306 g/mol. The maximum Gasteiger partial charge on any atom is 0.151 e. The molecule has 0 N–H and O–H groups in total. The molecule has 2 aromatic heterocycles. The third kappa shape index (κ3) is 2.55. The predicted octanol–water partition coefficient (Wildman–Crippen LogP) is 4.07. The second-order valence-electron chi connectivity index (χ2n) is 4.07. The fourth-order valence-corrected chi connectivity index (χ4v) is 2.96. The number of nitrogens with zero attached hydrogens (tertiary/aromatic N) is 3. The van der Waals surface area contributed by atoms with E-state index >= 15 is 0 Å². The van der Waals surface area contributed by atoms with Crippen LogP contribution in [0.15, 0.2) is 48.8 Å². The lowest BCUT2D eigenvalue weighted by Gasteiger charge is -2.04. The minimum Gasteiger partial charge on any atom is -0.262 e. The van der Waals surface area contributed by atoms with Crippen LogP contribution in [0.3, 0.4) is 0 Å². The van der Waals surface area contributed by atoms with E-state index in [0.717, 1.165) is 11.8 Å². The van der Waals surface area contributed by atoms with E-state index in [1.165, 1.54) is 17.5 Å². The van der Waals surface area contributed by atoms with Crippen LogP contribution >= 0.6 is 22.9 Å². The summed E-state index contributed by atoms with van der Waals surface area (Å²) in [6.45, 7) is 0. The predicted molar refractivity (Wildman–Crippen MR) is 77.2 cm³/mol. The standard InChI is InChI=1S/C14H9ClFN3S/c15-12(9-4-2-1-3-5-9)14-19-18-13(20-14)10-6-7-17-8-11(10)16/h1-8,12H. The molecule has 0 bridgehead atoms. The lowest BCUT2D eigenvalue weighted by molar-refractivity contribution is 0.624. The molecular weight excluding hydrogens is 297 g/mol. The Balaban J connectivity index is 1.93. The fraction of sp³-hybridized carbons (Fsp3) is 0.0714. The minimum atomic E-state index is -0.416. The summed E-state index contributed by atoms with van der Waals surface area (Å²) >= 11 is 7.66. The Kier molecular flexibility index (Phi) is 3.71. The van der Waals surface area contributed by atoms with Crippen LogP contribution in [0.5, 0.6) is 0 Å². The van der Waals surface area contributed by atoms with Gasteiger partial charge in [0.2, 0.25) is 0 Å². The van der Waals surface area contributed by atoms with Crippen molar-refractivity contribution >= 4 is 22.9 Å². The van der Waals surface area contributed by atoms with Crippen molar-refractivity contribution in [3.8, 4) is 10.6 Å². The number of benzene rings is 1. The monoisotopic (exact) mass is 305 g/mol. The van der Waals surface area contributed by atoms with E-state index < -0.39 is 5.82 Å². The van der Waals surface area contributed by atoms with Crippen LogP contribution in [0.1, 0.15) is 15.9 Å². The molecule has 6 heteroatoms. The SMILES string of the molecule is Fc1cnccc1-c1nnc(C(Cl)c2ccccc2)s1.